The Morgan fingerprint density at radius 3 is 2.70 bits per heavy atom. The molecule has 0 saturated carbocycles. The first-order valence-electron chi connectivity index (χ1n) is 6.51. The number of H-pyrrole nitrogens is 2. The lowest BCUT2D eigenvalue weighted by Gasteiger charge is -2.19. The second-order valence-electron chi connectivity index (χ2n) is 5.64. The molecule has 0 aliphatic carbocycles. The number of alkyl carbamates (subject to hydrolysis) is 1. The molecule has 0 spiro atoms. The number of benzene rings is 1. The van der Waals surface area contributed by atoms with Crippen LogP contribution in [0, 0.1) is 4.77 Å². The summed E-state index contributed by atoms with van der Waals surface area (Å²) in [6.07, 6.45) is 0.348. The van der Waals surface area contributed by atoms with Gasteiger partial charge in [0.15, 0.2) is 4.77 Å². The van der Waals surface area contributed by atoms with Crippen molar-refractivity contribution in [1.82, 2.24) is 15.3 Å². The van der Waals surface area contributed by atoms with E-state index in [1.807, 2.05) is 39.0 Å². The molecule has 0 fully saturated rings. The summed E-state index contributed by atoms with van der Waals surface area (Å²) in [5.74, 6) is 0. The van der Waals surface area contributed by atoms with Crippen molar-refractivity contribution < 1.29 is 9.53 Å². The Hall–Kier alpha value is -1.82. The van der Waals surface area contributed by atoms with Gasteiger partial charge in [0.1, 0.15) is 5.60 Å². The van der Waals surface area contributed by atoms with Gasteiger partial charge in [0.25, 0.3) is 0 Å². The lowest BCUT2D eigenvalue weighted by Crippen LogP contribution is -2.33. The molecule has 6 heteroatoms. The second kappa shape index (κ2) is 5.66. The third kappa shape index (κ3) is 4.09. The lowest BCUT2D eigenvalue weighted by atomic mass is 10.1. The van der Waals surface area contributed by atoms with E-state index in [1.54, 1.807) is 0 Å². The topological polar surface area (TPSA) is 69.9 Å². The largest absolute Gasteiger partial charge is 0.444 e. The van der Waals surface area contributed by atoms with E-state index in [0.717, 1.165) is 23.0 Å². The zero-order valence-electron chi connectivity index (χ0n) is 11.9. The molecule has 0 aliphatic heterocycles. The first kappa shape index (κ1) is 14.6. The summed E-state index contributed by atoms with van der Waals surface area (Å²) >= 11 is 5.04. The Bertz CT molecular complexity index is 667. The van der Waals surface area contributed by atoms with Gasteiger partial charge in [-0.25, -0.2) is 4.79 Å². The van der Waals surface area contributed by atoms with Crippen LogP contribution < -0.4 is 5.32 Å². The van der Waals surface area contributed by atoms with Gasteiger partial charge < -0.3 is 20.0 Å². The van der Waals surface area contributed by atoms with Crippen LogP contribution in [-0.2, 0) is 11.2 Å². The van der Waals surface area contributed by atoms with E-state index < -0.39 is 5.60 Å². The number of nitrogens with one attached hydrogen (secondary N) is 3. The zero-order valence-corrected chi connectivity index (χ0v) is 12.7. The lowest BCUT2D eigenvalue weighted by molar-refractivity contribution is 0.0528. The van der Waals surface area contributed by atoms with Crippen LogP contribution in [0.3, 0.4) is 0 Å². The summed E-state index contributed by atoms with van der Waals surface area (Å²) in [5, 5.41) is 2.74. The van der Waals surface area contributed by atoms with Crippen LogP contribution >= 0.6 is 12.2 Å². The van der Waals surface area contributed by atoms with Crippen molar-refractivity contribution in [1.29, 1.82) is 0 Å². The summed E-state index contributed by atoms with van der Waals surface area (Å²) in [6, 6.07) is 6.01. The molecule has 2 aromatic rings. The molecule has 3 N–H and O–H groups in total. The fraction of sp³-hybridized carbons (Fsp3) is 0.429. The van der Waals surface area contributed by atoms with Crippen LogP contribution in [0.15, 0.2) is 18.2 Å². The number of rotatable bonds is 3. The fourth-order valence-electron chi connectivity index (χ4n) is 1.86. The number of carbonyl (C=O) groups excluding carboxylic acids is 1. The summed E-state index contributed by atoms with van der Waals surface area (Å²) in [6.45, 7) is 6.06. The Kier molecular flexibility index (Phi) is 4.13. The minimum absolute atomic E-state index is 0.389. The van der Waals surface area contributed by atoms with E-state index in [1.165, 1.54) is 0 Å². The third-order valence-corrected chi connectivity index (χ3v) is 2.87. The average Bonchev–Trinajstić information content (AvgIpc) is 2.66. The number of ether oxygens (including phenoxy) is 1. The van der Waals surface area contributed by atoms with Gasteiger partial charge in [-0.1, -0.05) is 6.07 Å². The van der Waals surface area contributed by atoms with Gasteiger partial charge in [0.2, 0.25) is 0 Å². The molecule has 2 rings (SSSR count). The highest BCUT2D eigenvalue weighted by molar-refractivity contribution is 7.71. The fourth-order valence-corrected chi connectivity index (χ4v) is 2.08. The van der Waals surface area contributed by atoms with Crippen LogP contribution in [0.5, 0.6) is 0 Å². The van der Waals surface area contributed by atoms with Crippen LogP contribution in [0.1, 0.15) is 26.3 Å². The maximum Gasteiger partial charge on any atom is 0.407 e. The second-order valence-corrected chi connectivity index (χ2v) is 6.05. The first-order chi connectivity index (χ1) is 9.33. The van der Waals surface area contributed by atoms with Gasteiger partial charge in [0.05, 0.1) is 11.0 Å². The Morgan fingerprint density at radius 1 is 1.30 bits per heavy atom. The molecule has 0 unspecified atom stereocenters. The predicted octanol–water partition coefficient (Wildman–Crippen LogP) is 3.29. The van der Waals surface area contributed by atoms with E-state index in [9.17, 15) is 4.79 Å². The molecule has 0 saturated heterocycles. The molecule has 108 valence electrons. The number of fused-ring (bicyclic) bond motifs is 1. The molecular weight excluding hydrogens is 274 g/mol. The highest BCUT2D eigenvalue weighted by atomic mass is 32.1. The number of carbonyl (C=O) groups is 1. The molecule has 5 nitrogen and oxygen atoms in total. The average molecular weight is 293 g/mol. The van der Waals surface area contributed by atoms with Crippen molar-refractivity contribution >= 4 is 29.3 Å². The zero-order chi connectivity index (χ0) is 14.8. The number of aromatic amines is 2. The molecule has 0 bridgehead atoms. The van der Waals surface area contributed by atoms with Crippen molar-refractivity contribution in [2.24, 2.45) is 0 Å². The first-order valence-corrected chi connectivity index (χ1v) is 6.92. The maximum absolute atomic E-state index is 11.5. The van der Waals surface area contributed by atoms with E-state index in [-0.39, 0.29) is 6.09 Å². The van der Waals surface area contributed by atoms with E-state index >= 15 is 0 Å². The van der Waals surface area contributed by atoms with Gasteiger partial charge in [-0.2, -0.15) is 0 Å². The summed E-state index contributed by atoms with van der Waals surface area (Å²) in [4.78, 5) is 17.6. The molecule has 1 aromatic heterocycles. The van der Waals surface area contributed by atoms with Gasteiger partial charge in [-0.05, 0) is 57.1 Å². The molecule has 1 aromatic carbocycles. The van der Waals surface area contributed by atoms with Crippen molar-refractivity contribution in [3.8, 4) is 0 Å². The summed E-state index contributed by atoms with van der Waals surface area (Å²) < 4.78 is 5.79. The van der Waals surface area contributed by atoms with E-state index in [2.05, 4.69) is 15.3 Å². The molecule has 0 aliphatic rings. The van der Waals surface area contributed by atoms with Crippen LogP contribution in [0.2, 0.25) is 0 Å². The number of hydrogen-bond donors (Lipinski definition) is 3. The van der Waals surface area contributed by atoms with Crippen molar-refractivity contribution in [3.05, 3.63) is 28.5 Å². The summed E-state index contributed by atoms with van der Waals surface area (Å²) in [5.41, 5.74) is 2.62. The van der Waals surface area contributed by atoms with E-state index in [4.69, 9.17) is 17.0 Å². The Morgan fingerprint density at radius 2 is 2.00 bits per heavy atom. The molecule has 20 heavy (non-hydrogen) atoms. The van der Waals surface area contributed by atoms with Crippen molar-refractivity contribution in [2.75, 3.05) is 6.54 Å². The Balaban J connectivity index is 1.89. The molecule has 0 atom stereocenters. The summed E-state index contributed by atoms with van der Waals surface area (Å²) in [7, 11) is 0. The molecule has 1 amide bonds. The van der Waals surface area contributed by atoms with Crippen molar-refractivity contribution in [2.45, 2.75) is 32.8 Å². The van der Waals surface area contributed by atoms with Gasteiger partial charge >= 0.3 is 6.09 Å². The highest BCUT2D eigenvalue weighted by Gasteiger charge is 2.15. The SMILES string of the molecule is CC(C)(C)OC(=O)NCCc1ccc2[nH]c(=S)[nH]c2c1. The normalized spacial score (nSPS) is 11.6. The number of hydrogen-bond acceptors (Lipinski definition) is 3. The molecule has 1 heterocycles. The van der Waals surface area contributed by atoms with Crippen LogP contribution in [0.4, 0.5) is 4.79 Å². The standard InChI is InChI=1S/C14H19N3O2S/c1-14(2,3)19-13(18)15-7-6-9-4-5-10-11(8-9)17-12(20)16-10/h4-5,8H,6-7H2,1-3H3,(H,15,18)(H2,16,17,20). The number of amides is 1. The van der Waals surface area contributed by atoms with Crippen LogP contribution in [-0.4, -0.2) is 28.2 Å². The van der Waals surface area contributed by atoms with Gasteiger partial charge in [0, 0.05) is 6.54 Å². The molecular formula is C14H19N3O2S. The van der Waals surface area contributed by atoms with E-state index in [0.29, 0.717) is 11.3 Å². The quantitative estimate of drug-likeness (QED) is 0.760. The highest BCUT2D eigenvalue weighted by Crippen LogP contribution is 2.12. The maximum atomic E-state index is 11.5. The number of aromatic nitrogens is 2. The monoisotopic (exact) mass is 293 g/mol. The predicted molar refractivity (Wildman–Crippen MR) is 81.4 cm³/mol. The van der Waals surface area contributed by atoms with Crippen LogP contribution in [0.25, 0.3) is 11.0 Å². The van der Waals surface area contributed by atoms with Crippen molar-refractivity contribution in [3.63, 3.8) is 0 Å². The number of imidazole rings is 1. The minimum Gasteiger partial charge on any atom is -0.444 e. The minimum atomic E-state index is -0.469. The van der Waals surface area contributed by atoms with Gasteiger partial charge in [-0.15, -0.1) is 0 Å². The van der Waals surface area contributed by atoms with Gasteiger partial charge in [-0.3, -0.25) is 0 Å². The smallest absolute Gasteiger partial charge is 0.407 e. The third-order valence-electron chi connectivity index (χ3n) is 2.66. The Labute approximate surface area is 122 Å². The molecule has 0 radical (unpaired) electrons.